The van der Waals surface area contributed by atoms with E-state index in [9.17, 15) is 0 Å². The van der Waals surface area contributed by atoms with E-state index in [2.05, 4.69) is 36.0 Å². The van der Waals surface area contributed by atoms with Crippen molar-refractivity contribution >= 4 is 12.2 Å². The minimum atomic E-state index is 0.605. The molecule has 94 valence electrons. The lowest BCUT2D eigenvalue weighted by Gasteiger charge is -2.25. The van der Waals surface area contributed by atoms with E-state index >= 15 is 0 Å². The molecular weight excluding hydrogens is 228 g/mol. The van der Waals surface area contributed by atoms with Gasteiger partial charge in [0.15, 0.2) is 0 Å². The molecule has 0 saturated carbocycles. The normalized spacial score (nSPS) is 20.9. The largest absolute Gasteiger partial charge is 0.353 e. The summed E-state index contributed by atoms with van der Waals surface area (Å²) in [7, 11) is 0. The first kappa shape index (κ1) is 12.8. The van der Waals surface area contributed by atoms with Gasteiger partial charge in [-0.3, -0.25) is 4.90 Å². The van der Waals surface area contributed by atoms with E-state index < -0.39 is 0 Å². The number of aromatic nitrogens is 1. The molecule has 2 heterocycles. The van der Waals surface area contributed by atoms with Crippen LogP contribution in [0.5, 0.6) is 0 Å². The van der Waals surface area contributed by atoms with Crippen LogP contribution in [0.25, 0.3) is 0 Å². The highest BCUT2D eigenvalue weighted by Crippen LogP contribution is 2.33. The molecular formula is C14H22N2S. The molecule has 1 N–H and O–H groups in total. The van der Waals surface area contributed by atoms with E-state index in [1.165, 1.54) is 49.9 Å². The van der Waals surface area contributed by atoms with Crippen molar-refractivity contribution in [2.24, 2.45) is 0 Å². The fourth-order valence-electron chi connectivity index (χ4n) is 2.75. The molecule has 0 amide bonds. The Morgan fingerprint density at radius 2 is 2.35 bits per heavy atom. The molecule has 0 aromatic carbocycles. The first-order valence-corrected chi connectivity index (χ1v) is 7.06. The van der Waals surface area contributed by atoms with Gasteiger partial charge in [-0.15, -0.1) is 0 Å². The van der Waals surface area contributed by atoms with Gasteiger partial charge in [0, 0.05) is 12.2 Å². The smallest absolute Gasteiger partial charge is 0.103 e. The van der Waals surface area contributed by atoms with Crippen molar-refractivity contribution in [1.82, 2.24) is 9.88 Å². The van der Waals surface area contributed by atoms with E-state index in [1.54, 1.807) is 0 Å². The predicted molar refractivity (Wildman–Crippen MR) is 74.8 cm³/mol. The number of unbranched alkanes of at least 4 members (excludes halogenated alkanes) is 1. The molecule has 0 aliphatic carbocycles. The average Bonchev–Trinajstić information content (AvgIpc) is 2.74. The molecule has 1 aliphatic heterocycles. The summed E-state index contributed by atoms with van der Waals surface area (Å²) in [5.41, 5.74) is 2.77. The maximum absolute atomic E-state index is 5.16. The van der Waals surface area contributed by atoms with Gasteiger partial charge < -0.3 is 4.98 Å². The lowest BCUT2D eigenvalue weighted by molar-refractivity contribution is 0.252. The summed E-state index contributed by atoms with van der Waals surface area (Å²) < 4.78 is 0.837. The van der Waals surface area contributed by atoms with E-state index in [-0.39, 0.29) is 0 Å². The topological polar surface area (TPSA) is 19.0 Å². The maximum Gasteiger partial charge on any atom is 0.103 e. The maximum atomic E-state index is 5.16. The molecule has 1 saturated heterocycles. The van der Waals surface area contributed by atoms with Gasteiger partial charge in [-0.1, -0.05) is 25.6 Å². The minimum absolute atomic E-state index is 0.605. The summed E-state index contributed by atoms with van der Waals surface area (Å²) in [6, 6.07) is 2.69. The molecule has 0 bridgehead atoms. The van der Waals surface area contributed by atoms with Gasteiger partial charge in [0.2, 0.25) is 0 Å². The van der Waals surface area contributed by atoms with Crippen LogP contribution in [0.15, 0.2) is 12.3 Å². The molecule has 17 heavy (non-hydrogen) atoms. The number of pyridine rings is 1. The van der Waals surface area contributed by atoms with Crippen LogP contribution in [0, 0.1) is 11.6 Å². The average molecular weight is 250 g/mol. The Bertz CT molecular complexity index is 424. The van der Waals surface area contributed by atoms with Gasteiger partial charge in [0.05, 0.1) is 0 Å². The monoisotopic (exact) mass is 250 g/mol. The van der Waals surface area contributed by atoms with Crippen LogP contribution in [-0.4, -0.2) is 23.0 Å². The van der Waals surface area contributed by atoms with E-state index in [0.29, 0.717) is 6.04 Å². The Kier molecular flexibility index (Phi) is 4.35. The number of aryl methyl sites for hydroxylation is 1. The number of H-pyrrole nitrogens is 1. The molecule has 0 radical (unpaired) electrons. The van der Waals surface area contributed by atoms with Crippen LogP contribution in [0.3, 0.4) is 0 Å². The molecule has 2 rings (SSSR count). The molecule has 1 unspecified atom stereocenters. The van der Waals surface area contributed by atoms with Crippen LogP contribution >= 0.6 is 12.2 Å². The molecule has 2 nitrogen and oxygen atoms in total. The summed E-state index contributed by atoms with van der Waals surface area (Å²) >= 11 is 5.16. The van der Waals surface area contributed by atoms with Crippen molar-refractivity contribution in [3.05, 3.63) is 28.0 Å². The van der Waals surface area contributed by atoms with Crippen LogP contribution in [0.4, 0.5) is 0 Å². The van der Waals surface area contributed by atoms with Gasteiger partial charge in [-0.05, 0) is 56.5 Å². The first-order valence-electron chi connectivity index (χ1n) is 6.65. The summed E-state index contributed by atoms with van der Waals surface area (Å²) in [4.78, 5) is 5.81. The Morgan fingerprint density at radius 3 is 3.06 bits per heavy atom. The van der Waals surface area contributed by atoms with Crippen molar-refractivity contribution in [1.29, 1.82) is 0 Å². The summed E-state index contributed by atoms with van der Waals surface area (Å²) in [5.74, 6) is 0. The van der Waals surface area contributed by atoms with Gasteiger partial charge in [-0.25, -0.2) is 0 Å². The zero-order valence-corrected chi connectivity index (χ0v) is 11.6. The fourth-order valence-corrected chi connectivity index (χ4v) is 2.99. The van der Waals surface area contributed by atoms with Crippen molar-refractivity contribution in [2.75, 3.05) is 13.1 Å². The fraction of sp³-hybridized carbons (Fsp3) is 0.643. The molecule has 1 fully saturated rings. The number of hydrogen-bond donors (Lipinski definition) is 1. The summed E-state index contributed by atoms with van der Waals surface area (Å²) in [5, 5.41) is 0. The Hall–Kier alpha value is -0.670. The number of nitrogens with zero attached hydrogens (tertiary/aromatic N) is 1. The Morgan fingerprint density at radius 1 is 1.53 bits per heavy atom. The minimum Gasteiger partial charge on any atom is -0.353 e. The lowest BCUT2D eigenvalue weighted by Crippen LogP contribution is -2.25. The number of rotatable bonds is 4. The molecule has 1 aromatic heterocycles. The van der Waals surface area contributed by atoms with Gasteiger partial charge in [0.25, 0.3) is 0 Å². The summed E-state index contributed by atoms with van der Waals surface area (Å²) in [6.07, 6.45) is 7.31. The highest BCUT2D eigenvalue weighted by atomic mass is 32.1. The second kappa shape index (κ2) is 5.78. The van der Waals surface area contributed by atoms with Crippen molar-refractivity contribution < 1.29 is 0 Å². The predicted octanol–water partition coefficient (Wildman–Crippen LogP) is 3.99. The van der Waals surface area contributed by atoms with Crippen LogP contribution in [0.1, 0.15) is 49.8 Å². The van der Waals surface area contributed by atoms with E-state index in [4.69, 9.17) is 12.2 Å². The molecule has 1 aliphatic rings. The third-order valence-electron chi connectivity index (χ3n) is 3.69. The number of likely N-dealkylation sites (tertiary alicyclic amines) is 1. The van der Waals surface area contributed by atoms with Crippen LogP contribution in [0.2, 0.25) is 0 Å². The highest BCUT2D eigenvalue weighted by Gasteiger charge is 2.26. The van der Waals surface area contributed by atoms with Crippen molar-refractivity contribution in [3.8, 4) is 0 Å². The molecule has 1 aromatic rings. The standard InChI is InChI=1S/C14H22N2S/c1-3-4-7-16-8-5-6-13(16)12-10-15-14(17)9-11(12)2/h9-10,13H,3-8H2,1-2H3,(H,15,17). The van der Waals surface area contributed by atoms with Gasteiger partial charge in [0.1, 0.15) is 4.64 Å². The lowest BCUT2D eigenvalue weighted by atomic mass is 10.0. The molecule has 1 atom stereocenters. The van der Waals surface area contributed by atoms with E-state index in [0.717, 1.165) is 4.64 Å². The quantitative estimate of drug-likeness (QED) is 0.815. The third-order valence-corrected chi connectivity index (χ3v) is 3.93. The number of hydrogen-bond acceptors (Lipinski definition) is 2. The zero-order chi connectivity index (χ0) is 12.3. The second-order valence-corrected chi connectivity index (χ2v) is 5.42. The first-order chi connectivity index (χ1) is 8.22. The SMILES string of the molecule is CCCCN1CCCC1c1c[nH]c(=S)cc1C. The number of aromatic amines is 1. The number of nitrogens with one attached hydrogen (secondary N) is 1. The highest BCUT2D eigenvalue weighted by molar-refractivity contribution is 7.71. The Labute approximate surface area is 109 Å². The van der Waals surface area contributed by atoms with Crippen LogP contribution < -0.4 is 0 Å². The van der Waals surface area contributed by atoms with Crippen molar-refractivity contribution in [3.63, 3.8) is 0 Å². The molecule has 3 heteroatoms. The zero-order valence-electron chi connectivity index (χ0n) is 10.8. The van der Waals surface area contributed by atoms with Gasteiger partial charge >= 0.3 is 0 Å². The van der Waals surface area contributed by atoms with Crippen LogP contribution in [-0.2, 0) is 0 Å². The summed E-state index contributed by atoms with van der Waals surface area (Å²) in [6.45, 7) is 6.92. The Balaban J connectivity index is 2.17. The van der Waals surface area contributed by atoms with E-state index in [1.807, 2.05) is 0 Å². The van der Waals surface area contributed by atoms with Gasteiger partial charge in [-0.2, -0.15) is 0 Å². The molecule has 0 spiro atoms. The second-order valence-electron chi connectivity index (χ2n) is 4.98. The van der Waals surface area contributed by atoms with Crippen molar-refractivity contribution in [2.45, 2.75) is 45.6 Å². The third kappa shape index (κ3) is 2.96.